The minimum Gasteiger partial charge on any atom is -0.341 e. The molecule has 0 radical (unpaired) electrons. The highest BCUT2D eigenvalue weighted by Crippen LogP contribution is 2.16. The minimum absolute atomic E-state index is 0.181. The average molecular weight is 327 g/mol. The summed E-state index contributed by atoms with van der Waals surface area (Å²) in [6, 6.07) is 14.9. The van der Waals surface area contributed by atoms with Gasteiger partial charge in [0, 0.05) is 19.3 Å². The second-order valence-electron chi connectivity index (χ2n) is 6.22. The van der Waals surface area contributed by atoms with Crippen molar-refractivity contribution in [3.8, 4) is 0 Å². The van der Waals surface area contributed by atoms with E-state index in [0.29, 0.717) is 12.3 Å². The van der Waals surface area contributed by atoms with E-state index < -0.39 is 0 Å². The Morgan fingerprint density at radius 1 is 0.913 bits per heavy atom. The highest BCUT2D eigenvalue weighted by atomic mass is 32.2. The number of hydrogen-bond acceptors (Lipinski definition) is 2. The second-order valence-corrected chi connectivity index (χ2v) is 7.21. The van der Waals surface area contributed by atoms with Crippen LogP contribution in [0.1, 0.15) is 27.8 Å². The van der Waals surface area contributed by atoms with Crippen molar-refractivity contribution in [3.63, 3.8) is 0 Å². The normalized spacial score (nSPS) is 10.6. The van der Waals surface area contributed by atoms with Crippen LogP contribution in [0.25, 0.3) is 0 Å². The van der Waals surface area contributed by atoms with Gasteiger partial charge in [0.05, 0.1) is 5.75 Å². The molecule has 0 bridgehead atoms. The number of thioether (sulfide) groups is 1. The molecule has 0 saturated heterocycles. The first-order valence-corrected chi connectivity index (χ1v) is 9.04. The van der Waals surface area contributed by atoms with Crippen LogP contribution in [-0.2, 0) is 17.1 Å². The molecule has 122 valence electrons. The van der Waals surface area contributed by atoms with Gasteiger partial charge in [-0.05, 0) is 31.9 Å². The third-order valence-corrected chi connectivity index (χ3v) is 4.73. The summed E-state index contributed by atoms with van der Waals surface area (Å²) in [5, 5.41) is 0. The lowest BCUT2D eigenvalue weighted by molar-refractivity contribution is -0.127. The van der Waals surface area contributed by atoms with Gasteiger partial charge >= 0.3 is 0 Å². The fraction of sp³-hybridized carbons (Fsp3) is 0.350. The van der Waals surface area contributed by atoms with Crippen LogP contribution >= 0.6 is 11.8 Å². The molecule has 2 aromatic carbocycles. The van der Waals surface area contributed by atoms with Crippen molar-refractivity contribution in [2.75, 3.05) is 12.8 Å². The zero-order valence-electron chi connectivity index (χ0n) is 14.4. The molecule has 0 spiro atoms. The van der Waals surface area contributed by atoms with Gasteiger partial charge in [0.25, 0.3) is 0 Å². The van der Waals surface area contributed by atoms with Crippen molar-refractivity contribution in [1.29, 1.82) is 0 Å². The van der Waals surface area contributed by atoms with Crippen molar-refractivity contribution in [3.05, 3.63) is 70.3 Å². The zero-order chi connectivity index (χ0) is 16.8. The quantitative estimate of drug-likeness (QED) is 0.778. The molecule has 2 aromatic rings. The lowest BCUT2D eigenvalue weighted by atomic mass is 10.1. The molecule has 0 heterocycles. The molecule has 0 aliphatic carbocycles. The molecule has 23 heavy (non-hydrogen) atoms. The van der Waals surface area contributed by atoms with Gasteiger partial charge in [-0.1, -0.05) is 59.2 Å². The predicted molar refractivity (Wildman–Crippen MR) is 99.7 cm³/mol. The zero-order valence-corrected chi connectivity index (χ0v) is 15.2. The van der Waals surface area contributed by atoms with Crippen molar-refractivity contribution in [2.24, 2.45) is 0 Å². The van der Waals surface area contributed by atoms with E-state index in [1.54, 1.807) is 16.7 Å². The largest absolute Gasteiger partial charge is 0.341 e. The van der Waals surface area contributed by atoms with Gasteiger partial charge in [-0.2, -0.15) is 0 Å². The summed E-state index contributed by atoms with van der Waals surface area (Å²) in [5.74, 6) is 1.59. The number of benzene rings is 2. The Kier molecular flexibility index (Phi) is 6.28. The molecule has 0 N–H and O–H groups in total. The third-order valence-electron chi connectivity index (χ3n) is 3.74. The fourth-order valence-electron chi connectivity index (χ4n) is 2.57. The van der Waals surface area contributed by atoms with Gasteiger partial charge in [0.15, 0.2) is 0 Å². The molecule has 3 heteroatoms. The highest BCUT2D eigenvalue weighted by molar-refractivity contribution is 7.99. The van der Waals surface area contributed by atoms with Gasteiger partial charge in [0.2, 0.25) is 5.91 Å². The Bertz CT molecular complexity index is 644. The van der Waals surface area contributed by atoms with Crippen LogP contribution in [0.2, 0.25) is 0 Å². The maximum atomic E-state index is 12.2. The van der Waals surface area contributed by atoms with E-state index in [1.165, 1.54) is 27.8 Å². The Morgan fingerprint density at radius 3 is 2.13 bits per heavy atom. The van der Waals surface area contributed by atoms with Crippen molar-refractivity contribution in [2.45, 2.75) is 33.1 Å². The Morgan fingerprint density at radius 2 is 1.52 bits per heavy atom. The third kappa shape index (κ3) is 5.76. The molecule has 2 nitrogen and oxygen atoms in total. The molecule has 0 atom stereocenters. The number of amides is 1. The number of aryl methyl sites for hydroxylation is 3. The monoisotopic (exact) mass is 327 g/mol. The summed E-state index contributed by atoms with van der Waals surface area (Å²) < 4.78 is 0. The van der Waals surface area contributed by atoms with Crippen LogP contribution < -0.4 is 0 Å². The molecule has 0 aromatic heterocycles. The van der Waals surface area contributed by atoms with Gasteiger partial charge in [-0.25, -0.2) is 0 Å². The smallest absolute Gasteiger partial charge is 0.232 e. The minimum atomic E-state index is 0.181. The number of carbonyl (C=O) groups is 1. The van der Waals surface area contributed by atoms with E-state index in [4.69, 9.17) is 0 Å². The van der Waals surface area contributed by atoms with Crippen LogP contribution in [0.4, 0.5) is 0 Å². The molecule has 0 fully saturated rings. The fourth-order valence-corrected chi connectivity index (χ4v) is 3.47. The highest BCUT2D eigenvalue weighted by Gasteiger charge is 2.09. The lowest BCUT2D eigenvalue weighted by Crippen LogP contribution is -2.27. The summed E-state index contributed by atoms with van der Waals surface area (Å²) in [5.41, 5.74) is 6.27. The number of hydrogen-bond donors (Lipinski definition) is 0. The van der Waals surface area contributed by atoms with E-state index in [1.807, 2.05) is 7.05 Å². The van der Waals surface area contributed by atoms with Crippen molar-refractivity contribution < 1.29 is 4.79 Å². The Labute approximate surface area is 143 Å². The average Bonchev–Trinajstić information content (AvgIpc) is 2.48. The van der Waals surface area contributed by atoms with Crippen LogP contribution in [-0.4, -0.2) is 23.6 Å². The van der Waals surface area contributed by atoms with Gasteiger partial charge in [-0.3, -0.25) is 4.79 Å². The standard InChI is InChI=1S/C20H25NOS/c1-15-5-7-18(8-6-15)12-21(4)20(22)14-23-13-19-10-16(2)9-17(3)11-19/h5-11H,12-14H2,1-4H3. The van der Waals surface area contributed by atoms with E-state index in [0.717, 1.165) is 5.75 Å². The van der Waals surface area contributed by atoms with E-state index in [2.05, 4.69) is 63.2 Å². The maximum absolute atomic E-state index is 12.2. The second kappa shape index (κ2) is 8.21. The topological polar surface area (TPSA) is 20.3 Å². The molecular formula is C20H25NOS. The summed E-state index contributed by atoms with van der Waals surface area (Å²) >= 11 is 1.68. The van der Waals surface area contributed by atoms with Crippen LogP contribution in [0, 0.1) is 20.8 Å². The number of nitrogens with zero attached hydrogens (tertiary/aromatic N) is 1. The van der Waals surface area contributed by atoms with Crippen LogP contribution in [0.5, 0.6) is 0 Å². The van der Waals surface area contributed by atoms with E-state index >= 15 is 0 Å². The summed E-state index contributed by atoms with van der Waals surface area (Å²) in [7, 11) is 1.87. The first-order valence-electron chi connectivity index (χ1n) is 7.88. The van der Waals surface area contributed by atoms with Crippen molar-refractivity contribution in [1.82, 2.24) is 4.90 Å². The van der Waals surface area contributed by atoms with Gasteiger partial charge < -0.3 is 4.90 Å². The summed E-state index contributed by atoms with van der Waals surface area (Å²) in [6.07, 6.45) is 0. The Hall–Kier alpha value is -1.74. The van der Waals surface area contributed by atoms with Crippen LogP contribution in [0.15, 0.2) is 42.5 Å². The first kappa shape index (κ1) is 17.6. The number of rotatable bonds is 6. The molecule has 0 saturated carbocycles. The summed E-state index contributed by atoms with van der Waals surface area (Å²) in [4.78, 5) is 14.0. The van der Waals surface area contributed by atoms with Crippen molar-refractivity contribution >= 4 is 17.7 Å². The van der Waals surface area contributed by atoms with Gasteiger partial charge in [0.1, 0.15) is 0 Å². The predicted octanol–water partition coefficient (Wildman–Crippen LogP) is 4.50. The summed E-state index contributed by atoms with van der Waals surface area (Å²) in [6.45, 7) is 6.97. The van der Waals surface area contributed by atoms with Gasteiger partial charge in [-0.15, -0.1) is 11.8 Å². The molecule has 0 unspecified atom stereocenters. The molecular weight excluding hydrogens is 302 g/mol. The first-order chi connectivity index (χ1) is 10.9. The maximum Gasteiger partial charge on any atom is 0.232 e. The SMILES string of the molecule is Cc1ccc(CN(C)C(=O)CSCc2cc(C)cc(C)c2)cc1. The Balaban J connectivity index is 1.80. The number of carbonyl (C=O) groups excluding carboxylic acids is 1. The lowest BCUT2D eigenvalue weighted by Gasteiger charge is -2.17. The molecule has 1 amide bonds. The molecule has 2 rings (SSSR count). The van der Waals surface area contributed by atoms with Crippen LogP contribution in [0.3, 0.4) is 0 Å². The molecule has 0 aliphatic heterocycles. The van der Waals surface area contributed by atoms with E-state index in [-0.39, 0.29) is 5.91 Å². The molecule has 0 aliphatic rings. The van der Waals surface area contributed by atoms with E-state index in [9.17, 15) is 4.79 Å².